The van der Waals surface area contributed by atoms with Gasteiger partial charge in [-0.2, -0.15) is 5.10 Å². The normalized spacial score (nSPS) is 17.2. The maximum absolute atomic E-state index is 13.3. The van der Waals surface area contributed by atoms with Crippen molar-refractivity contribution in [3.05, 3.63) is 53.9 Å². The number of hydrogen-bond acceptors (Lipinski definition) is 8. The minimum Gasteiger partial charge on any atom is -0.395 e. The van der Waals surface area contributed by atoms with E-state index in [1.807, 2.05) is 0 Å². The van der Waals surface area contributed by atoms with Gasteiger partial charge in [0, 0.05) is 44.7 Å². The van der Waals surface area contributed by atoms with E-state index in [-0.39, 0.29) is 34.9 Å². The third-order valence-electron chi connectivity index (χ3n) is 5.88. The third-order valence-corrected chi connectivity index (χ3v) is 5.88. The first kappa shape index (κ1) is 25.2. The minimum atomic E-state index is -3.75. The van der Waals surface area contributed by atoms with Gasteiger partial charge in [-0.3, -0.25) is 14.8 Å². The van der Waals surface area contributed by atoms with E-state index in [4.69, 9.17) is 4.74 Å². The second kappa shape index (κ2) is 10.5. The van der Waals surface area contributed by atoms with E-state index in [1.165, 1.54) is 29.1 Å². The van der Waals surface area contributed by atoms with E-state index in [0.717, 1.165) is 18.4 Å². The summed E-state index contributed by atoms with van der Waals surface area (Å²) in [5, 5.41) is 15.4. The number of aryl methyl sites for hydroxylation is 1. The fourth-order valence-corrected chi connectivity index (χ4v) is 4.05. The SMILES string of the molecule is Cn1ncc(C(=O)Nc2ccc3c(c2)OC(F)(F)O3)c1NCc1ccnc(NC(=O)NCC2CCCO2)c1. The van der Waals surface area contributed by atoms with Gasteiger partial charge < -0.3 is 30.2 Å². The smallest absolute Gasteiger partial charge is 0.395 e. The highest BCUT2D eigenvalue weighted by atomic mass is 19.3. The molecule has 1 aromatic carbocycles. The van der Waals surface area contributed by atoms with Gasteiger partial charge in [0.25, 0.3) is 5.91 Å². The molecule has 38 heavy (non-hydrogen) atoms. The Morgan fingerprint density at radius 2 is 2.00 bits per heavy atom. The van der Waals surface area contributed by atoms with Crippen molar-refractivity contribution in [3.8, 4) is 11.5 Å². The van der Waals surface area contributed by atoms with Crippen molar-refractivity contribution in [2.45, 2.75) is 31.8 Å². The Balaban J connectivity index is 1.19. The number of rotatable bonds is 8. The number of amides is 3. The zero-order valence-corrected chi connectivity index (χ0v) is 20.3. The summed E-state index contributed by atoms with van der Waals surface area (Å²) < 4.78 is 42.3. The summed E-state index contributed by atoms with van der Waals surface area (Å²) in [6.45, 7) is 1.44. The lowest BCUT2D eigenvalue weighted by molar-refractivity contribution is -0.286. The van der Waals surface area contributed by atoms with Gasteiger partial charge in [-0.25, -0.2) is 9.78 Å². The van der Waals surface area contributed by atoms with Crippen LogP contribution in [0.1, 0.15) is 28.8 Å². The number of anilines is 3. The second-order valence-electron chi connectivity index (χ2n) is 8.69. The Kier molecular flexibility index (Phi) is 6.96. The molecule has 3 aromatic rings. The molecule has 0 radical (unpaired) electrons. The monoisotopic (exact) mass is 529 g/mol. The molecule has 2 aromatic heterocycles. The van der Waals surface area contributed by atoms with Crippen LogP contribution in [0, 0.1) is 0 Å². The number of hydrogen-bond donors (Lipinski definition) is 4. The molecule has 0 bridgehead atoms. The predicted molar refractivity (Wildman–Crippen MR) is 131 cm³/mol. The molecular weight excluding hydrogens is 504 g/mol. The van der Waals surface area contributed by atoms with Crippen LogP contribution in [-0.2, 0) is 18.3 Å². The molecule has 14 heteroatoms. The quantitative estimate of drug-likeness (QED) is 0.349. The Morgan fingerprint density at radius 3 is 2.82 bits per heavy atom. The Morgan fingerprint density at radius 1 is 1.16 bits per heavy atom. The van der Waals surface area contributed by atoms with E-state index in [1.54, 1.807) is 25.4 Å². The molecule has 1 unspecified atom stereocenters. The molecule has 3 amide bonds. The number of urea groups is 1. The van der Waals surface area contributed by atoms with E-state index >= 15 is 0 Å². The van der Waals surface area contributed by atoms with Crippen molar-refractivity contribution < 1.29 is 32.6 Å². The van der Waals surface area contributed by atoms with Crippen LogP contribution < -0.4 is 30.7 Å². The first-order valence-electron chi connectivity index (χ1n) is 11.8. The number of ether oxygens (including phenoxy) is 3. The topological polar surface area (TPSA) is 141 Å². The number of fused-ring (bicyclic) bond motifs is 1. The molecule has 1 fully saturated rings. The highest BCUT2D eigenvalue weighted by Gasteiger charge is 2.43. The van der Waals surface area contributed by atoms with E-state index < -0.39 is 12.2 Å². The second-order valence-corrected chi connectivity index (χ2v) is 8.69. The third kappa shape index (κ3) is 5.91. The number of nitrogens with zero attached hydrogens (tertiary/aromatic N) is 3. The summed E-state index contributed by atoms with van der Waals surface area (Å²) >= 11 is 0. The number of nitrogens with one attached hydrogen (secondary N) is 4. The van der Waals surface area contributed by atoms with Crippen molar-refractivity contribution in [1.82, 2.24) is 20.1 Å². The van der Waals surface area contributed by atoms with Crippen LogP contribution in [0.25, 0.3) is 0 Å². The van der Waals surface area contributed by atoms with Gasteiger partial charge in [0.15, 0.2) is 11.5 Å². The van der Waals surface area contributed by atoms with Crippen LogP contribution in [-0.4, -0.2) is 52.3 Å². The highest BCUT2D eigenvalue weighted by Crippen LogP contribution is 2.42. The van der Waals surface area contributed by atoms with E-state index in [9.17, 15) is 18.4 Å². The minimum absolute atomic E-state index is 0.0318. The van der Waals surface area contributed by atoms with Crippen LogP contribution in [0.5, 0.6) is 11.5 Å². The van der Waals surface area contributed by atoms with Crippen molar-refractivity contribution >= 4 is 29.3 Å². The zero-order valence-electron chi connectivity index (χ0n) is 20.3. The molecule has 200 valence electrons. The number of alkyl halides is 2. The lowest BCUT2D eigenvalue weighted by Crippen LogP contribution is -2.35. The molecule has 0 spiro atoms. The lowest BCUT2D eigenvalue weighted by Gasteiger charge is -2.13. The average molecular weight is 530 g/mol. The van der Waals surface area contributed by atoms with Crippen LogP contribution >= 0.6 is 0 Å². The fourth-order valence-electron chi connectivity index (χ4n) is 4.05. The molecule has 0 saturated carbocycles. The lowest BCUT2D eigenvalue weighted by atomic mass is 10.2. The van der Waals surface area contributed by atoms with Crippen molar-refractivity contribution in [3.63, 3.8) is 0 Å². The van der Waals surface area contributed by atoms with E-state index in [2.05, 4.69) is 40.8 Å². The molecular formula is C24H25F2N7O5. The van der Waals surface area contributed by atoms with Crippen molar-refractivity contribution in [1.29, 1.82) is 0 Å². The maximum Gasteiger partial charge on any atom is 0.586 e. The van der Waals surface area contributed by atoms with E-state index in [0.29, 0.717) is 31.3 Å². The Labute approximate surface area is 215 Å². The number of pyridine rings is 1. The molecule has 1 atom stereocenters. The van der Waals surface area contributed by atoms with Crippen molar-refractivity contribution in [2.24, 2.45) is 7.05 Å². The largest absolute Gasteiger partial charge is 0.586 e. The fraction of sp³-hybridized carbons (Fsp3) is 0.333. The number of benzene rings is 1. The summed E-state index contributed by atoms with van der Waals surface area (Å²) in [5.41, 5.74) is 1.27. The van der Waals surface area contributed by atoms with Gasteiger partial charge in [-0.1, -0.05) is 0 Å². The van der Waals surface area contributed by atoms with Gasteiger partial charge in [-0.05, 0) is 42.7 Å². The van der Waals surface area contributed by atoms with Gasteiger partial charge in [0.05, 0.1) is 12.3 Å². The highest BCUT2D eigenvalue weighted by molar-refractivity contribution is 6.07. The molecule has 0 aliphatic carbocycles. The van der Waals surface area contributed by atoms with Gasteiger partial charge in [0.1, 0.15) is 17.2 Å². The number of aromatic nitrogens is 3. The van der Waals surface area contributed by atoms with Crippen LogP contribution in [0.4, 0.5) is 30.9 Å². The molecule has 2 aliphatic rings. The zero-order chi connectivity index (χ0) is 26.7. The van der Waals surface area contributed by atoms with Gasteiger partial charge in [0.2, 0.25) is 0 Å². The predicted octanol–water partition coefficient (Wildman–Crippen LogP) is 3.30. The first-order valence-corrected chi connectivity index (χ1v) is 11.8. The standard InChI is InChI=1S/C24H25F2N7O5/c1-33-21(17(13-30-33)22(34)31-15-4-5-18-19(10-15)38-24(25,26)37-18)28-11-14-6-7-27-20(9-14)32-23(35)29-12-16-3-2-8-36-16/h4-7,9-10,13,16,28H,2-3,8,11-12H2,1H3,(H,31,34)(H2,27,29,32,35). The van der Waals surface area contributed by atoms with Crippen molar-refractivity contribution in [2.75, 3.05) is 29.1 Å². The summed E-state index contributed by atoms with van der Waals surface area (Å²) in [7, 11) is 1.67. The molecule has 4 heterocycles. The average Bonchev–Trinajstić information content (AvgIpc) is 3.59. The van der Waals surface area contributed by atoms with Gasteiger partial charge >= 0.3 is 12.3 Å². The Hall–Kier alpha value is -4.46. The molecule has 4 N–H and O–H groups in total. The summed E-state index contributed by atoms with van der Waals surface area (Å²) in [6, 6.07) is 7.05. The van der Waals surface area contributed by atoms with Gasteiger partial charge in [-0.15, -0.1) is 8.78 Å². The van der Waals surface area contributed by atoms with Crippen LogP contribution in [0.3, 0.4) is 0 Å². The van der Waals surface area contributed by atoms with Crippen LogP contribution in [0.15, 0.2) is 42.7 Å². The first-order chi connectivity index (χ1) is 18.3. The summed E-state index contributed by atoms with van der Waals surface area (Å²) in [6.07, 6.45) is 1.14. The number of carbonyl (C=O) groups is 2. The Bertz CT molecular complexity index is 1340. The summed E-state index contributed by atoms with van der Waals surface area (Å²) in [4.78, 5) is 29.3. The maximum atomic E-state index is 13.3. The number of carbonyl (C=O) groups excluding carboxylic acids is 2. The molecule has 2 aliphatic heterocycles. The molecule has 5 rings (SSSR count). The molecule has 1 saturated heterocycles. The molecule has 12 nitrogen and oxygen atoms in total. The van der Waals surface area contributed by atoms with Crippen LogP contribution in [0.2, 0.25) is 0 Å². The number of halogens is 2. The summed E-state index contributed by atoms with van der Waals surface area (Å²) in [5.74, 6) is -0.0182.